The Morgan fingerprint density at radius 2 is 2.23 bits per heavy atom. The van der Waals surface area contributed by atoms with E-state index in [0.29, 0.717) is 6.61 Å². The largest absolute Gasteiger partial charge is 0.492 e. The molecule has 0 saturated heterocycles. The molecule has 0 unspecified atom stereocenters. The molecular formula is C9H9BrFIO. The summed E-state index contributed by atoms with van der Waals surface area (Å²) < 4.78 is 18.9. The van der Waals surface area contributed by atoms with Gasteiger partial charge in [0, 0.05) is 5.33 Å². The van der Waals surface area contributed by atoms with Gasteiger partial charge in [0.05, 0.1) is 10.2 Å². The summed E-state index contributed by atoms with van der Waals surface area (Å²) in [6.45, 7) is 0.660. The first kappa shape index (κ1) is 11.2. The van der Waals surface area contributed by atoms with Gasteiger partial charge in [0.15, 0.2) is 0 Å². The monoisotopic (exact) mass is 358 g/mol. The van der Waals surface area contributed by atoms with Crippen molar-refractivity contribution in [3.8, 4) is 5.75 Å². The van der Waals surface area contributed by atoms with Gasteiger partial charge in [-0.05, 0) is 47.2 Å². The molecule has 0 N–H and O–H groups in total. The average Bonchev–Trinajstić information content (AvgIpc) is 2.09. The van der Waals surface area contributed by atoms with E-state index in [1.54, 1.807) is 6.07 Å². The van der Waals surface area contributed by atoms with Crippen LogP contribution in [0.2, 0.25) is 0 Å². The fourth-order valence-corrected chi connectivity index (χ4v) is 1.69. The lowest BCUT2D eigenvalue weighted by atomic mass is 10.3. The summed E-state index contributed by atoms with van der Waals surface area (Å²) in [5, 5.41) is 0.921. The first-order chi connectivity index (χ1) is 6.24. The van der Waals surface area contributed by atoms with E-state index in [0.717, 1.165) is 21.1 Å². The van der Waals surface area contributed by atoms with E-state index in [9.17, 15) is 4.39 Å². The van der Waals surface area contributed by atoms with Crippen LogP contribution in [0.3, 0.4) is 0 Å². The molecule has 0 amide bonds. The number of hydrogen-bond donors (Lipinski definition) is 0. The van der Waals surface area contributed by atoms with Gasteiger partial charge in [-0.2, -0.15) is 0 Å². The summed E-state index contributed by atoms with van der Waals surface area (Å²) in [5.74, 6) is 0.528. The van der Waals surface area contributed by atoms with Gasteiger partial charge in [-0.1, -0.05) is 15.9 Å². The molecule has 13 heavy (non-hydrogen) atoms. The minimum Gasteiger partial charge on any atom is -0.492 e. The second kappa shape index (κ2) is 5.80. The Balaban J connectivity index is 2.56. The third kappa shape index (κ3) is 3.81. The Kier molecular flexibility index (Phi) is 5.01. The lowest BCUT2D eigenvalue weighted by Crippen LogP contribution is -1.99. The Bertz CT molecular complexity index is 280. The van der Waals surface area contributed by atoms with Crippen LogP contribution in [0.1, 0.15) is 6.42 Å². The Labute approximate surface area is 98.9 Å². The fourth-order valence-electron chi connectivity index (χ4n) is 0.829. The first-order valence-electron chi connectivity index (χ1n) is 3.88. The SMILES string of the molecule is Fc1ccc(OCCCBr)c(I)c1. The lowest BCUT2D eigenvalue weighted by Gasteiger charge is -2.06. The van der Waals surface area contributed by atoms with Gasteiger partial charge < -0.3 is 4.74 Å². The smallest absolute Gasteiger partial charge is 0.132 e. The van der Waals surface area contributed by atoms with E-state index in [1.807, 2.05) is 0 Å². The Hall–Kier alpha value is 0.160. The molecule has 0 aliphatic carbocycles. The van der Waals surface area contributed by atoms with Crippen LogP contribution < -0.4 is 4.74 Å². The van der Waals surface area contributed by atoms with Crippen molar-refractivity contribution in [1.29, 1.82) is 0 Å². The quantitative estimate of drug-likeness (QED) is 0.454. The van der Waals surface area contributed by atoms with Crippen LogP contribution >= 0.6 is 38.5 Å². The molecule has 4 heteroatoms. The van der Waals surface area contributed by atoms with E-state index < -0.39 is 0 Å². The van der Waals surface area contributed by atoms with Gasteiger partial charge >= 0.3 is 0 Å². The van der Waals surface area contributed by atoms with Crippen LogP contribution in [-0.4, -0.2) is 11.9 Å². The standard InChI is InChI=1S/C9H9BrFIO/c10-4-1-5-13-9-3-2-7(11)6-8(9)12/h2-3,6H,1,4-5H2. The zero-order valence-corrected chi connectivity index (χ0v) is 10.6. The molecule has 0 atom stereocenters. The number of benzene rings is 1. The predicted octanol–water partition coefficient (Wildman–Crippen LogP) is 3.59. The molecule has 0 aliphatic heterocycles. The van der Waals surface area contributed by atoms with Crippen LogP contribution in [0.4, 0.5) is 4.39 Å². The summed E-state index contributed by atoms with van der Waals surface area (Å²) >= 11 is 5.37. The van der Waals surface area contributed by atoms with E-state index in [2.05, 4.69) is 38.5 Å². The third-order valence-corrected chi connectivity index (χ3v) is 2.83. The van der Waals surface area contributed by atoms with Crippen molar-refractivity contribution < 1.29 is 9.13 Å². The highest BCUT2D eigenvalue weighted by molar-refractivity contribution is 14.1. The fraction of sp³-hybridized carbons (Fsp3) is 0.333. The van der Waals surface area contributed by atoms with Crippen molar-refractivity contribution in [1.82, 2.24) is 0 Å². The number of rotatable bonds is 4. The minimum atomic E-state index is -0.225. The maximum Gasteiger partial charge on any atom is 0.132 e. The van der Waals surface area contributed by atoms with Crippen molar-refractivity contribution >= 4 is 38.5 Å². The molecular weight excluding hydrogens is 350 g/mol. The second-order valence-electron chi connectivity index (χ2n) is 2.47. The summed E-state index contributed by atoms with van der Waals surface area (Å²) in [6.07, 6.45) is 0.952. The van der Waals surface area contributed by atoms with Crippen molar-refractivity contribution in [2.75, 3.05) is 11.9 Å². The van der Waals surface area contributed by atoms with E-state index in [4.69, 9.17) is 4.74 Å². The van der Waals surface area contributed by atoms with Gasteiger partial charge in [0.1, 0.15) is 11.6 Å². The Morgan fingerprint density at radius 1 is 1.46 bits per heavy atom. The maximum atomic E-state index is 12.7. The van der Waals surface area contributed by atoms with Crippen molar-refractivity contribution in [3.05, 3.63) is 27.6 Å². The highest BCUT2D eigenvalue weighted by Crippen LogP contribution is 2.21. The molecule has 0 aromatic heterocycles. The lowest BCUT2D eigenvalue weighted by molar-refractivity contribution is 0.316. The maximum absolute atomic E-state index is 12.7. The molecule has 1 nitrogen and oxygen atoms in total. The molecule has 0 fully saturated rings. The highest BCUT2D eigenvalue weighted by atomic mass is 127. The summed E-state index contributed by atoms with van der Waals surface area (Å²) in [5.41, 5.74) is 0. The normalized spacial score (nSPS) is 10.1. The number of ether oxygens (including phenoxy) is 1. The van der Waals surface area contributed by atoms with Gasteiger partial charge in [-0.15, -0.1) is 0 Å². The number of hydrogen-bond acceptors (Lipinski definition) is 1. The van der Waals surface area contributed by atoms with Gasteiger partial charge in [-0.3, -0.25) is 0 Å². The van der Waals surface area contributed by atoms with E-state index in [1.165, 1.54) is 12.1 Å². The predicted molar refractivity (Wildman–Crippen MR) is 63.0 cm³/mol. The minimum absolute atomic E-state index is 0.225. The van der Waals surface area contributed by atoms with Crippen LogP contribution in [0.15, 0.2) is 18.2 Å². The summed E-state index contributed by atoms with van der Waals surface area (Å²) in [4.78, 5) is 0. The summed E-state index contributed by atoms with van der Waals surface area (Å²) in [6, 6.07) is 4.53. The first-order valence-corrected chi connectivity index (χ1v) is 6.08. The van der Waals surface area contributed by atoms with Gasteiger partial charge in [-0.25, -0.2) is 4.39 Å². The molecule has 1 rings (SSSR count). The zero-order valence-electron chi connectivity index (χ0n) is 6.90. The van der Waals surface area contributed by atoms with E-state index >= 15 is 0 Å². The van der Waals surface area contributed by atoms with Gasteiger partial charge in [0.25, 0.3) is 0 Å². The van der Waals surface area contributed by atoms with Crippen LogP contribution in [-0.2, 0) is 0 Å². The molecule has 0 aliphatic rings. The number of halogens is 3. The molecule has 72 valence electrons. The van der Waals surface area contributed by atoms with Gasteiger partial charge in [0.2, 0.25) is 0 Å². The second-order valence-corrected chi connectivity index (χ2v) is 4.42. The van der Waals surface area contributed by atoms with Crippen LogP contribution in [0, 0.1) is 9.39 Å². The molecule has 0 saturated carbocycles. The Morgan fingerprint density at radius 3 is 2.85 bits per heavy atom. The average molecular weight is 359 g/mol. The molecule has 0 bridgehead atoms. The van der Waals surface area contributed by atoms with Crippen molar-refractivity contribution in [2.45, 2.75) is 6.42 Å². The molecule has 0 radical (unpaired) electrons. The topological polar surface area (TPSA) is 9.23 Å². The molecule has 0 heterocycles. The molecule has 1 aromatic rings. The molecule has 0 spiro atoms. The highest BCUT2D eigenvalue weighted by Gasteiger charge is 2.01. The number of alkyl halides is 1. The van der Waals surface area contributed by atoms with E-state index in [-0.39, 0.29) is 5.82 Å². The van der Waals surface area contributed by atoms with Crippen molar-refractivity contribution in [3.63, 3.8) is 0 Å². The van der Waals surface area contributed by atoms with Crippen LogP contribution in [0.25, 0.3) is 0 Å². The zero-order chi connectivity index (χ0) is 9.68. The molecule has 1 aromatic carbocycles. The van der Waals surface area contributed by atoms with Crippen molar-refractivity contribution in [2.24, 2.45) is 0 Å². The third-order valence-electron chi connectivity index (χ3n) is 1.43. The van der Waals surface area contributed by atoms with Crippen LogP contribution in [0.5, 0.6) is 5.75 Å². The summed E-state index contributed by atoms with van der Waals surface area (Å²) in [7, 11) is 0.